The van der Waals surface area contributed by atoms with Gasteiger partial charge >= 0.3 is 0 Å². The predicted octanol–water partition coefficient (Wildman–Crippen LogP) is 2.44. The fraction of sp³-hybridized carbons (Fsp3) is 1.00. The van der Waals surface area contributed by atoms with E-state index in [-0.39, 0.29) is 0 Å². The maximum absolute atomic E-state index is 5.89. The molecule has 0 aromatic rings. The molecular weight excluding hydrogens is 195 g/mol. The first-order valence-electron chi connectivity index (χ1n) is 6.80. The van der Waals surface area contributed by atoms with Crippen molar-refractivity contribution in [1.82, 2.24) is 4.90 Å². The molecule has 0 aromatic carbocycles. The van der Waals surface area contributed by atoms with Gasteiger partial charge in [-0.3, -0.25) is 0 Å². The smallest absolute Gasteiger partial charge is 0.0606 e. The highest BCUT2D eigenvalue weighted by Gasteiger charge is 2.43. The van der Waals surface area contributed by atoms with E-state index in [0.29, 0.717) is 11.5 Å². The highest BCUT2D eigenvalue weighted by molar-refractivity contribution is 6.05. The third-order valence-electron chi connectivity index (χ3n) is 3.66. The van der Waals surface area contributed by atoms with Crippen molar-refractivity contribution >= 4 is 7.85 Å². The van der Waals surface area contributed by atoms with Gasteiger partial charge in [-0.15, -0.1) is 0 Å². The van der Waals surface area contributed by atoms with E-state index in [1.165, 1.54) is 52.1 Å². The standard InChI is InChI=1S/C10H20N2.C2H6.CH3B/c1-2-12-7-10(8-12)5-3-9(11)4-6-10;2*1-2/h9H,2-8,11H2,1H3;1-2H3;1H3. The van der Waals surface area contributed by atoms with Gasteiger partial charge in [0.05, 0.1) is 7.85 Å². The van der Waals surface area contributed by atoms with Crippen LogP contribution in [-0.4, -0.2) is 38.4 Å². The van der Waals surface area contributed by atoms with E-state index < -0.39 is 0 Å². The lowest BCUT2D eigenvalue weighted by Crippen LogP contribution is -2.58. The van der Waals surface area contributed by atoms with Gasteiger partial charge in [0.1, 0.15) is 0 Å². The zero-order valence-electron chi connectivity index (χ0n) is 11.6. The molecule has 0 bridgehead atoms. The molecule has 2 rings (SSSR count). The zero-order valence-corrected chi connectivity index (χ0v) is 11.6. The molecule has 16 heavy (non-hydrogen) atoms. The Morgan fingerprint density at radius 1 is 1.19 bits per heavy atom. The van der Waals surface area contributed by atoms with Crippen molar-refractivity contribution in [1.29, 1.82) is 0 Å². The van der Waals surface area contributed by atoms with Crippen LogP contribution in [0.1, 0.15) is 46.5 Å². The second kappa shape index (κ2) is 8.13. The summed E-state index contributed by atoms with van der Waals surface area (Å²) in [6.45, 7) is 11.7. The summed E-state index contributed by atoms with van der Waals surface area (Å²) >= 11 is 0. The summed E-state index contributed by atoms with van der Waals surface area (Å²) in [4.78, 5) is 2.54. The molecule has 2 aliphatic rings. The van der Waals surface area contributed by atoms with Crippen molar-refractivity contribution in [3.05, 3.63) is 0 Å². The Labute approximate surface area is 103 Å². The fourth-order valence-electron chi connectivity index (χ4n) is 2.69. The highest BCUT2D eigenvalue weighted by Crippen LogP contribution is 2.43. The van der Waals surface area contributed by atoms with Crippen LogP contribution in [0.15, 0.2) is 0 Å². The lowest BCUT2D eigenvalue weighted by atomic mass is 9.67. The average molecular weight is 224 g/mol. The minimum Gasteiger partial charge on any atom is -0.328 e. The second-order valence-corrected chi connectivity index (χ2v) is 4.64. The molecule has 0 amide bonds. The Morgan fingerprint density at radius 2 is 1.62 bits per heavy atom. The van der Waals surface area contributed by atoms with Gasteiger partial charge < -0.3 is 10.6 Å². The van der Waals surface area contributed by atoms with Crippen LogP contribution in [0.5, 0.6) is 0 Å². The van der Waals surface area contributed by atoms with Crippen molar-refractivity contribution in [3.63, 3.8) is 0 Å². The molecule has 0 atom stereocenters. The molecule has 2 nitrogen and oxygen atoms in total. The summed E-state index contributed by atoms with van der Waals surface area (Å²) in [5, 5.41) is 0. The van der Waals surface area contributed by atoms with Crippen molar-refractivity contribution in [2.24, 2.45) is 11.1 Å². The number of likely N-dealkylation sites (tertiary alicyclic amines) is 1. The molecule has 2 fully saturated rings. The van der Waals surface area contributed by atoms with E-state index in [1.807, 2.05) is 13.8 Å². The monoisotopic (exact) mass is 224 g/mol. The van der Waals surface area contributed by atoms with Gasteiger partial charge in [-0.05, 0) is 37.6 Å². The summed E-state index contributed by atoms with van der Waals surface area (Å²) in [6, 6.07) is 0.506. The van der Waals surface area contributed by atoms with Crippen LogP contribution in [0.2, 0.25) is 6.82 Å². The van der Waals surface area contributed by atoms with Crippen molar-refractivity contribution in [2.45, 2.75) is 59.3 Å². The van der Waals surface area contributed by atoms with Crippen molar-refractivity contribution < 1.29 is 0 Å². The van der Waals surface area contributed by atoms with Crippen molar-refractivity contribution in [2.75, 3.05) is 19.6 Å². The largest absolute Gasteiger partial charge is 0.328 e. The van der Waals surface area contributed by atoms with E-state index in [0.717, 1.165) is 0 Å². The number of rotatable bonds is 1. The van der Waals surface area contributed by atoms with Gasteiger partial charge in [-0.2, -0.15) is 0 Å². The summed E-state index contributed by atoms with van der Waals surface area (Å²) < 4.78 is 0. The minimum absolute atomic E-state index is 0.506. The van der Waals surface area contributed by atoms with E-state index in [9.17, 15) is 0 Å². The second-order valence-electron chi connectivity index (χ2n) is 4.64. The average Bonchev–Trinajstić information content (AvgIpc) is 2.33. The number of nitrogens with two attached hydrogens (primary N) is 1. The first kappa shape index (κ1) is 16.0. The van der Waals surface area contributed by atoms with Crippen LogP contribution in [0.25, 0.3) is 0 Å². The van der Waals surface area contributed by atoms with Crippen LogP contribution in [0, 0.1) is 5.41 Å². The first-order valence-corrected chi connectivity index (χ1v) is 6.80. The van der Waals surface area contributed by atoms with E-state index >= 15 is 0 Å². The SMILES string of the molecule is CC.CCN1CC2(CCC(N)CC2)C1.[B]C. The molecule has 3 heteroatoms. The van der Waals surface area contributed by atoms with Crippen molar-refractivity contribution in [3.8, 4) is 0 Å². The zero-order chi connectivity index (χ0) is 12.6. The Balaban J connectivity index is 0.000000509. The molecular formula is C13H29BN2. The predicted molar refractivity (Wildman–Crippen MR) is 74.0 cm³/mol. The Morgan fingerprint density at radius 3 is 2.00 bits per heavy atom. The van der Waals surface area contributed by atoms with Crippen LogP contribution < -0.4 is 5.73 Å². The fourth-order valence-corrected chi connectivity index (χ4v) is 2.69. The molecule has 2 N–H and O–H groups in total. The normalized spacial score (nSPS) is 23.6. The molecule has 1 aliphatic heterocycles. The molecule has 1 spiro atoms. The number of hydrogen-bond acceptors (Lipinski definition) is 2. The summed E-state index contributed by atoms with van der Waals surface area (Å²) in [5.74, 6) is 0. The summed E-state index contributed by atoms with van der Waals surface area (Å²) in [6.07, 6.45) is 5.28. The quantitative estimate of drug-likeness (QED) is 0.693. The topological polar surface area (TPSA) is 29.3 Å². The maximum Gasteiger partial charge on any atom is 0.0606 e. The molecule has 1 aliphatic carbocycles. The molecule has 94 valence electrons. The Hall–Kier alpha value is -0.0151. The Bertz CT molecular complexity index is 150. The van der Waals surface area contributed by atoms with E-state index in [4.69, 9.17) is 5.73 Å². The number of nitrogens with zero attached hydrogens (tertiary/aromatic N) is 1. The molecule has 1 saturated carbocycles. The van der Waals surface area contributed by atoms with Gasteiger partial charge in [0.2, 0.25) is 0 Å². The van der Waals surface area contributed by atoms with E-state index in [1.54, 1.807) is 0 Å². The van der Waals surface area contributed by atoms with Gasteiger partial charge in [0.25, 0.3) is 0 Å². The van der Waals surface area contributed by atoms with Gasteiger partial charge in [-0.1, -0.05) is 27.6 Å². The number of hydrogen-bond donors (Lipinski definition) is 1. The van der Waals surface area contributed by atoms with E-state index in [2.05, 4.69) is 19.7 Å². The van der Waals surface area contributed by atoms with Crippen LogP contribution >= 0.6 is 0 Å². The van der Waals surface area contributed by atoms with Crippen LogP contribution in [0.3, 0.4) is 0 Å². The van der Waals surface area contributed by atoms with Crippen LogP contribution in [-0.2, 0) is 0 Å². The third kappa shape index (κ3) is 4.10. The minimum atomic E-state index is 0.506. The third-order valence-corrected chi connectivity index (χ3v) is 3.66. The lowest BCUT2D eigenvalue weighted by Gasteiger charge is -2.53. The first-order chi connectivity index (χ1) is 7.74. The highest BCUT2D eigenvalue weighted by atomic mass is 15.2. The maximum atomic E-state index is 5.89. The molecule has 1 saturated heterocycles. The van der Waals surface area contributed by atoms with Crippen LogP contribution in [0.4, 0.5) is 0 Å². The molecule has 2 radical (unpaired) electrons. The molecule has 0 unspecified atom stereocenters. The summed E-state index contributed by atoms with van der Waals surface area (Å²) in [5.41, 5.74) is 6.59. The molecule has 1 heterocycles. The van der Waals surface area contributed by atoms with Gasteiger partial charge in [0, 0.05) is 19.1 Å². The molecule has 0 aromatic heterocycles. The summed E-state index contributed by atoms with van der Waals surface area (Å²) in [7, 11) is 4.50. The van der Waals surface area contributed by atoms with Gasteiger partial charge in [-0.25, -0.2) is 0 Å². The Kier molecular flexibility index (Phi) is 8.12. The van der Waals surface area contributed by atoms with Gasteiger partial charge in [0.15, 0.2) is 0 Å². The lowest BCUT2D eigenvalue weighted by molar-refractivity contribution is -0.0273.